The second-order valence-corrected chi connectivity index (χ2v) is 8.61. The SMILES string of the molecule is Cc1ccc([C@H]2CC3CCC(C2CNc2ccc([N+](=O)[O-])c4nonc24)N3C)cc1. The van der Waals surface area contributed by atoms with Gasteiger partial charge >= 0.3 is 5.69 Å². The maximum atomic E-state index is 11.2. The van der Waals surface area contributed by atoms with Gasteiger partial charge in [-0.15, -0.1) is 0 Å². The number of nitro benzene ring substituents is 1. The molecular formula is C22H25N5O3. The molecule has 30 heavy (non-hydrogen) atoms. The Balaban J connectivity index is 1.44. The first-order valence-electron chi connectivity index (χ1n) is 10.4. The quantitative estimate of drug-likeness (QED) is 0.502. The van der Waals surface area contributed by atoms with E-state index < -0.39 is 4.92 Å². The van der Waals surface area contributed by atoms with Gasteiger partial charge in [0.1, 0.15) is 0 Å². The van der Waals surface area contributed by atoms with E-state index >= 15 is 0 Å². The Morgan fingerprint density at radius 2 is 1.93 bits per heavy atom. The molecule has 1 aromatic heterocycles. The Bertz CT molecular complexity index is 1080. The summed E-state index contributed by atoms with van der Waals surface area (Å²) >= 11 is 0. The maximum absolute atomic E-state index is 11.2. The zero-order valence-electron chi connectivity index (χ0n) is 17.1. The highest BCUT2D eigenvalue weighted by Gasteiger charge is 2.45. The number of piperidine rings is 1. The van der Waals surface area contributed by atoms with Gasteiger partial charge in [0.05, 0.1) is 10.6 Å². The summed E-state index contributed by atoms with van der Waals surface area (Å²) in [5.74, 6) is 0.914. The summed E-state index contributed by atoms with van der Waals surface area (Å²) in [7, 11) is 2.24. The van der Waals surface area contributed by atoms with Crippen molar-refractivity contribution in [1.82, 2.24) is 15.2 Å². The number of non-ortho nitro benzene ring substituents is 1. The van der Waals surface area contributed by atoms with Crippen molar-refractivity contribution in [3.8, 4) is 0 Å². The van der Waals surface area contributed by atoms with E-state index in [1.54, 1.807) is 6.07 Å². The Hall–Kier alpha value is -3.00. The molecule has 156 valence electrons. The third-order valence-corrected chi connectivity index (χ3v) is 7.06. The summed E-state index contributed by atoms with van der Waals surface area (Å²) in [6.45, 7) is 2.88. The third kappa shape index (κ3) is 3.11. The van der Waals surface area contributed by atoms with Crippen molar-refractivity contribution in [2.45, 2.75) is 44.2 Å². The molecule has 3 unspecified atom stereocenters. The lowest BCUT2D eigenvalue weighted by Gasteiger charge is -2.43. The smallest absolute Gasteiger partial charge is 0.300 e. The third-order valence-electron chi connectivity index (χ3n) is 7.06. The van der Waals surface area contributed by atoms with Crippen LogP contribution in [0.5, 0.6) is 0 Å². The van der Waals surface area contributed by atoms with Crippen LogP contribution in [0.15, 0.2) is 41.0 Å². The number of fused-ring (bicyclic) bond motifs is 3. The van der Waals surface area contributed by atoms with Gasteiger partial charge in [-0.05, 0) is 67.0 Å². The highest BCUT2D eigenvalue weighted by atomic mass is 16.6. The van der Waals surface area contributed by atoms with Gasteiger partial charge in [0, 0.05) is 24.7 Å². The van der Waals surface area contributed by atoms with Crippen molar-refractivity contribution < 1.29 is 9.55 Å². The average Bonchev–Trinajstić information content (AvgIpc) is 3.30. The Labute approximate surface area is 174 Å². The molecule has 3 aromatic rings. The molecule has 0 amide bonds. The van der Waals surface area contributed by atoms with Gasteiger partial charge in [0.15, 0.2) is 5.52 Å². The fourth-order valence-corrected chi connectivity index (χ4v) is 5.42. The molecule has 0 saturated carbocycles. The van der Waals surface area contributed by atoms with E-state index in [-0.39, 0.29) is 11.2 Å². The molecule has 2 aliphatic rings. The Morgan fingerprint density at radius 3 is 2.70 bits per heavy atom. The van der Waals surface area contributed by atoms with Crippen molar-refractivity contribution in [3.63, 3.8) is 0 Å². The van der Waals surface area contributed by atoms with Crippen molar-refractivity contribution in [3.05, 3.63) is 57.6 Å². The average molecular weight is 407 g/mol. The standard InChI is InChI=1S/C22H25N5O3/c1-13-3-5-14(6-4-13)16-11-15-7-9-19(26(15)2)17(16)12-23-18-8-10-20(27(28)29)22-21(18)24-30-25-22/h3-6,8,10,15-17,19,23H,7,9,11-12H2,1-2H3/t15?,16-,17?,19?/m1/s1. The molecule has 4 atom stereocenters. The second-order valence-electron chi connectivity index (χ2n) is 8.61. The van der Waals surface area contributed by atoms with Crippen LogP contribution in [0.3, 0.4) is 0 Å². The minimum atomic E-state index is -0.460. The fourth-order valence-electron chi connectivity index (χ4n) is 5.42. The van der Waals surface area contributed by atoms with Gasteiger partial charge in [-0.3, -0.25) is 10.1 Å². The van der Waals surface area contributed by atoms with Gasteiger partial charge in [-0.2, -0.15) is 0 Å². The molecule has 2 aliphatic heterocycles. The highest BCUT2D eigenvalue weighted by Crippen LogP contribution is 2.46. The molecule has 0 radical (unpaired) electrons. The summed E-state index contributed by atoms with van der Waals surface area (Å²) in [6, 6.07) is 13.3. The summed E-state index contributed by atoms with van der Waals surface area (Å²) < 4.78 is 4.80. The van der Waals surface area contributed by atoms with E-state index in [2.05, 4.69) is 58.8 Å². The van der Waals surface area contributed by atoms with Crippen LogP contribution in [-0.2, 0) is 0 Å². The van der Waals surface area contributed by atoms with Crippen LogP contribution < -0.4 is 5.32 Å². The van der Waals surface area contributed by atoms with Crippen molar-refractivity contribution in [2.75, 3.05) is 18.9 Å². The number of hydrogen-bond acceptors (Lipinski definition) is 7. The highest BCUT2D eigenvalue weighted by molar-refractivity contribution is 5.93. The largest absolute Gasteiger partial charge is 0.383 e. The second kappa shape index (κ2) is 7.36. The molecule has 3 heterocycles. The van der Waals surface area contributed by atoms with E-state index in [0.29, 0.717) is 29.4 Å². The molecule has 0 aliphatic carbocycles. The molecule has 2 fully saturated rings. The minimum absolute atomic E-state index is 0.0923. The predicted octanol–water partition coefficient (Wildman–Crippen LogP) is 4.12. The number of aromatic nitrogens is 2. The molecular weight excluding hydrogens is 382 g/mol. The molecule has 2 saturated heterocycles. The van der Waals surface area contributed by atoms with Crippen molar-refractivity contribution in [1.29, 1.82) is 0 Å². The predicted molar refractivity (Wildman–Crippen MR) is 114 cm³/mol. The minimum Gasteiger partial charge on any atom is -0.383 e. The topological polar surface area (TPSA) is 97.3 Å². The van der Waals surface area contributed by atoms with Crippen LogP contribution in [0.1, 0.15) is 36.3 Å². The van der Waals surface area contributed by atoms with Crippen LogP contribution in [0.4, 0.5) is 11.4 Å². The van der Waals surface area contributed by atoms with Gasteiger partial charge in [0.2, 0.25) is 5.52 Å². The first kappa shape index (κ1) is 19.0. The van der Waals surface area contributed by atoms with Crippen LogP contribution in [-0.4, -0.2) is 45.8 Å². The molecule has 2 bridgehead atoms. The van der Waals surface area contributed by atoms with Crippen molar-refractivity contribution >= 4 is 22.4 Å². The summed E-state index contributed by atoms with van der Waals surface area (Å²) in [6.07, 6.45) is 3.61. The Morgan fingerprint density at radius 1 is 1.17 bits per heavy atom. The van der Waals surface area contributed by atoms with Gasteiger partial charge in [-0.1, -0.05) is 29.8 Å². The number of anilines is 1. The molecule has 1 N–H and O–H groups in total. The van der Waals surface area contributed by atoms with Crippen LogP contribution >= 0.6 is 0 Å². The van der Waals surface area contributed by atoms with Crippen LogP contribution in [0, 0.1) is 23.0 Å². The zero-order chi connectivity index (χ0) is 20.8. The normalized spacial score (nSPS) is 26.2. The van der Waals surface area contributed by atoms with E-state index in [1.807, 2.05) is 0 Å². The summed E-state index contributed by atoms with van der Waals surface area (Å²) in [5.41, 5.74) is 3.89. The number of nitro groups is 1. The number of aryl methyl sites for hydroxylation is 1. The number of hydrogen-bond donors (Lipinski definition) is 1. The molecule has 0 spiro atoms. The number of rotatable bonds is 5. The van der Waals surface area contributed by atoms with E-state index in [1.165, 1.54) is 30.0 Å². The van der Waals surface area contributed by atoms with Gasteiger partial charge in [0.25, 0.3) is 0 Å². The first-order chi connectivity index (χ1) is 14.5. The van der Waals surface area contributed by atoms with E-state index in [0.717, 1.165) is 18.7 Å². The van der Waals surface area contributed by atoms with Crippen molar-refractivity contribution in [2.24, 2.45) is 5.92 Å². The number of benzene rings is 2. The number of nitrogens with zero attached hydrogens (tertiary/aromatic N) is 4. The van der Waals surface area contributed by atoms with Crippen LogP contribution in [0.25, 0.3) is 11.0 Å². The van der Waals surface area contributed by atoms with Gasteiger partial charge < -0.3 is 10.2 Å². The lowest BCUT2D eigenvalue weighted by molar-refractivity contribution is -0.383. The van der Waals surface area contributed by atoms with Crippen LogP contribution in [0.2, 0.25) is 0 Å². The maximum Gasteiger partial charge on any atom is 0.300 e. The zero-order valence-corrected chi connectivity index (χ0v) is 17.1. The summed E-state index contributed by atoms with van der Waals surface area (Å²) in [4.78, 5) is 13.3. The molecule has 8 nitrogen and oxygen atoms in total. The van der Waals surface area contributed by atoms with E-state index in [9.17, 15) is 10.1 Å². The lowest BCUT2D eigenvalue weighted by atomic mass is 9.76. The summed E-state index contributed by atoms with van der Waals surface area (Å²) in [5, 5.41) is 22.4. The van der Waals surface area contributed by atoms with Gasteiger partial charge in [-0.25, -0.2) is 4.63 Å². The fraction of sp³-hybridized carbons (Fsp3) is 0.455. The molecule has 2 aromatic carbocycles. The molecule has 8 heteroatoms. The van der Waals surface area contributed by atoms with E-state index in [4.69, 9.17) is 4.63 Å². The first-order valence-corrected chi connectivity index (χ1v) is 10.4. The monoisotopic (exact) mass is 407 g/mol. The Kier molecular flexibility index (Phi) is 4.66. The number of nitrogens with one attached hydrogen (secondary N) is 1. The molecule has 5 rings (SSSR count). The lowest BCUT2D eigenvalue weighted by Crippen LogP contribution is -2.48.